The highest BCUT2D eigenvalue weighted by Gasteiger charge is 2.31. The molecule has 0 unspecified atom stereocenters. The summed E-state index contributed by atoms with van der Waals surface area (Å²) in [7, 11) is 1.68. The number of rotatable bonds is 8. The van der Waals surface area contributed by atoms with Crippen LogP contribution >= 0.6 is 0 Å². The number of benzene rings is 1. The van der Waals surface area contributed by atoms with Gasteiger partial charge in [0.15, 0.2) is 5.69 Å². The Morgan fingerprint density at radius 3 is 2.75 bits per heavy atom. The highest BCUT2D eigenvalue weighted by molar-refractivity contribution is 5.93. The van der Waals surface area contributed by atoms with Crippen LogP contribution in [0.4, 0.5) is 0 Å². The maximum Gasteiger partial charge on any atom is 0.271 e. The molecule has 3 rings (SSSR count). The summed E-state index contributed by atoms with van der Waals surface area (Å²) in [5, 5.41) is 7.49. The lowest BCUT2D eigenvalue weighted by Crippen LogP contribution is -2.40. The van der Waals surface area contributed by atoms with E-state index in [4.69, 9.17) is 5.10 Å². The van der Waals surface area contributed by atoms with Gasteiger partial charge in [0.2, 0.25) is 0 Å². The Labute approximate surface area is 168 Å². The molecule has 1 atom stereocenters. The molecule has 0 bridgehead atoms. The first-order valence-electron chi connectivity index (χ1n) is 10.3. The van der Waals surface area contributed by atoms with E-state index < -0.39 is 0 Å². The third-order valence-corrected chi connectivity index (χ3v) is 5.61. The number of carbonyl (C=O) groups is 1. The van der Waals surface area contributed by atoms with Crippen molar-refractivity contribution in [2.45, 2.75) is 52.1 Å². The smallest absolute Gasteiger partial charge is 0.271 e. The van der Waals surface area contributed by atoms with Gasteiger partial charge in [-0.1, -0.05) is 49.4 Å². The van der Waals surface area contributed by atoms with Gasteiger partial charge in [0, 0.05) is 37.4 Å². The molecule has 1 aromatic carbocycles. The molecule has 150 valence electrons. The summed E-state index contributed by atoms with van der Waals surface area (Å²) in [4.78, 5) is 15.0. The van der Waals surface area contributed by atoms with Crippen molar-refractivity contribution in [2.75, 3.05) is 20.1 Å². The van der Waals surface area contributed by atoms with Gasteiger partial charge in [-0.2, -0.15) is 5.10 Å². The molecule has 5 heteroatoms. The standard InChI is InChI=1S/C23H32N4O/c1-5-26(16-17(2)3)19-11-12-21-20(15-19)22(23(28)24-4)25-27(21)14-13-18-9-7-6-8-10-18/h6-10,19H,2,5,11-16H2,1,3-4H3,(H,24,28)/t19-/m1/s1. The zero-order valence-corrected chi connectivity index (χ0v) is 17.4. The van der Waals surface area contributed by atoms with Crippen LogP contribution in [0.15, 0.2) is 42.5 Å². The third kappa shape index (κ3) is 4.53. The molecule has 1 heterocycles. The van der Waals surface area contributed by atoms with E-state index >= 15 is 0 Å². The molecule has 0 saturated heterocycles. The Balaban J connectivity index is 1.84. The summed E-state index contributed by atoms with van der Waals surface area (Å²) < 4.78 is 2.07. The molecule has 1 amide bonds. The monoisotopic (exact) mass is 380 g/mol. The molecule has 28 heavy (non-hydrogen) atoms. The van der Waals surface area contributed by atoms with Crippen molar-refractivity contribution in [2.24, 2.45) is 0 Å². The van der Waals surface area contributed by atoms with Gasteiger partial charge in [-0.15, -0.1) is 0 Å². The molecule has 1 aliphatic carbocycles. The van der Waals surface area contributed by atoms with E-state index in [1.165, 1.54) is 16.8 Å². The highest BCUT2D eigenvalue weighted by atomic mass is 16.1. The van der Waals surface area contributed by atoms with E-state index in [0.717, 1.165) is 50.9 Å². The van der Waals surface area contributed by atoms with Crippen LogP contribution in [0.1, 0.15) is 47.6 Å². The Morgan fingerprint density at radius 2 is 2.11 bits per heavy atom. The molecule has 0 aliphatic heterocycles. The maximum atomic E-state index is 12.5. The van der Waals surface area contributed by atoms with Crippen molar-refractivity contribution in [3.63, 3.8) is 0 Å². The molecule has 0 saturated carbocycles. The predicted octanol–water partition coefficient (Wildman–Crippen LogP) is 3.24. The Morgan fingerprint density at radius 1 is 1.36 bits per heavy atom. The largest absolute Gasteiger partial charge is 0.354 e. The summed E-state index contributed by atoms with van der Waals surface area (Å²) in [6, 6.07) is 10.9. The van der Waals surface area contributed by atoms with Crippen molar-refractivity contribution in [1.82, 2.24) is 20.0 Å². The van der Waals surface area contributed by atoms with Crippen molar-refractivity contribution in [3.05, 3.63) is 65.0 Å². The molecule has 1 aliphatic rings. The van der Waals surface area contributed by atoms with Crippen LogP contribution in [0.3, 0.4) is 0 Å². The van der Waals surface area contributed by atoms with Gasteiger partial charge in [-0.3, -0.25) is 14.4 Å². The topological polar surface area (TPSA) is 50.2 Å². The Hall–Kier alpha value is -2.40. The molecular formula is C23H32N4O. The lowest BCUT2D eigenvalue weighted by molar-refractivity contribution is 0.0955. The first kappa shape index (κ1) is 20.3. The van der Waals surface area contributed by atoms with Gasteiger partial charge < -0.3 is 5.32 Å². The van der Waals surface area contributed by atoms with E-state index in [1.807, 2.05) is 6.07 Å². The minimum Gasteiger partial charge on any atom is -0.354 e. The number of nitrogens with zero attached hydrogens (tertiary/aromatic N) is 3. The Bertz CT molecular complexity index is 825. The van der Waals surface area contributed by atoms with Crippen LogP contribution < -0.4 is 5.32 Å². The molecule has 5 nitrogen and oxygen atoms in total. The lowest BCUT2D eigenvalue weighted by atomic mass is 9.89. The van der Waals surface area contributed by atoms with Crippen LogP contribution in [-0.2, 0) is 25.8 Å². The molecule has 0 spiro atoms. The van der Waals surface area contributed by atoms with Crippen molar-refractivity contribution < 1.29 is 4.79 Å². The number of likely N-dealkylation sites (N-methyl/N-ethyl adjacent to an activating group) is 1. The number of amides is 1. The van der Waals surface area contributed by atoms with Crippen LogP contribution in [0, 0.1) is 0 Å². The number of nitrogens with one attached hydrogen (secondary N) is 1. The number of carbonyl (C=O) groups excluding carboxylic acids is 1. The van der Waals surface area contributed by atoms with E-state index in [9.17, 15) is 4.79 Å². The second-order valence-corrected chi connectivity index (χ2v) is 7.73. The molecule has 0 fully saturated rings. The summed E-state index contributed by atoms with van der Waals surface area (Å²) in [6.45, 7) is 11.1. The van der Waals surface area contributed by atoms with Crippen molar-refractivity contribution >= 4 is 5.91 Å². The van der Waals surface area contributed by atoms with Gasteiger partial charge in [-0.05, 0) is 44.7 Å². The first-order valence-corrected chi connectivity index (χ1v) is 10.3. The molecule has 1 N–H and O–H groups in total. The number of hydrogen-bond donors (Lipinski definition) is 1. The van der Waals surface area contributed by atoms with Gasteiger partial charge in [0.05, 0.1) is 0 Å². The van der Waals surface area contributed by atoms with Crippen molar-refractivity contribution in [3.8, 4) is 0 Å². The van der Waals surface area contributed by atoms with E-state index in [0.29, 0.717) is 11.7 Å². The van der Waals surface area contributed by atoms with Crippen molar-refractivity contribution in [1.29, 1.82) is 0 Å². The fourth-order valence-corrected chi connectivity index (χ4v) is 4.19. The lowest BCUT2D eigenvalue weighted by Gasteiger charge is -2.34. The second-order valence-electron chi connectivity index (χ2n) is 7.73. The normalized spacial score (nSPS) is 16.1. The first-order chi connectivity index (χ1) is 13.5. The van der Waals surface area contributed by atoms with Gasteiger partial charge >= 0.3 is 0 Å². The van der Waals surface area contributed by atoms with Crippen LogP contribution in [-0.4, -0.2) is 46.8 Å². The zero-order valence-electron chi connectivity index (χ0n) is 17.4. The minimum atomic E-state index is -0.0849. The minimum absolute atomic E-state index is 0.0849. The Kier molecular flexibility index (Phi) is 6.68. The quantitative estimate of drug-likeness (QED) is 0.715. The van der Waals surface area contributed by atoms with Crippen LogP contribution in [0.2, 0.25) is 0 Å². The fourth-order valence-electron chi connectivity index (χ4n) is 4.19. The van der Waals surface area contributed by atoms with Gasteiger partial charge in [0.25, 0.3) is 5.91 Å². The van der Waals surface area contributed by atoms with Crippen LogP contribution in [0.5, 0.6) is 0 Å². The van der Waals surface area contributed by atoms with Crippen LogP contribution in [0.25, 0.3) is 0 Å². The van der Waals surface area contributed by atoms with Gasteiger partial charge in [-0.25, -0.2) is 0 Å². The molecule has 0 radical (unpaired) electrons. The SMILES string of the molecule is C=C(C)CN(CC)[C@@H]1CCc2c(c(C(=O)NC)nn2CCc2ccccc2)C1. The van der Waals surface area contributed by atoms with E-state index in [-0.39, 0.29) is 5.91 Å². The number of aryl methyl sites for hydroxylation is 2. The summed E-state index contributed by atoms with van der Waals surface area (Å²) >= 11 is 0. The predicted molar refractivity (Wildman–Crippen MR) is 114 cm³/mol. The summed E-state index contributed by atoms with van der Waals surface area (Å²) in [5.74, 6) is -0.0849. The number of hydrogen-bond acceptors (Lipinski definition) is 3. The second kappa shape index (κ2) is 9.20. The number of fused-ring (bicyclic) bond motifs is 1. The average molecular weight is 381 g/mol. The maximum absolute atomic E-state index is 12.5. The summed E-state index contributed by atoms with van der Waals surface area (Å²) in [6.07, 6.45) is 3.86. The van der Waals surface area contributed by atoms with Gasteiger partial charge in [0.1, 0.15) is 0 Å². The highest BCUT2D eigenvalue weighted by Crippen LogP contribution is 2.28. The molecular weight excluding hydrogens is 348 g/mol. The third-order valence-electron chi connectivity index (χ3n) is 5.61. The summed E-state index contributed by atoms with van der Waals surface area (Å²) in [5.41, 5.74) is 5.43. The van der Waals surface area contributed by atoms with E-state index in [2.05, 4.69) is 59.6 Å². The zero-order chi connectivity index (χ0) is 20.1. The average Bonchev–Trinajstić information content (AvgIpc) is 3.08. The number of aromatic nitrogens is 2. The van der Waals surface area contributed by atoms with E-state index in [1.54, 1.807) is 7.05 Å². The molecule has 2 aromatic rings. The fraction of sp³-hybridized carbons (Fsp3) is 0.478. The molecule has 1 aromatic heterocycles.